The van der Waals surface area contributed by atoms with Crippen LogP contribution in [0.2, 0.25) is 0 Å². The van der Waals surface area contributed by atoms with E-state index in [2.05, 4.69) is 14.3 Å². The molecule has 0 N–H and O–H groups in total. The molecule has 0 aliphatic heterocycles. The molecule has 0 unspecified atom stereocenters. The highest BCUT2D eigenvalue weighted by Gasteiger charge is 2.14. The summed E-state index contributed by atoms with van der Waals surface area (Å²) in [5.74, 6) is -1.21. The first-order valence-electron chi connectivity index (χ1n) is 9.94. The van der Waals surface area contributed by atoms with Crippen LogP contribution in [-0.2, 0) is 19.4 Å². The van der Waals surface area contributed by atoms with Crippen LogP contribution in [0.15, 0.2) is 66.9 Å². The SMILES string of the molecule is COOC(=O)CC(=O)CC/C=C/c1c(-c2ccc(F)cc2)cn(-c2ccccc2)c1C. The monoisotopic (exact) mass is 421 g/mol. The zero-order valence-corrected chi connectivity index (χ0v) is 17.5. The van der Waals surface area contributed by atoms with Gasteiger partial charge in [-0.15, -0.1) is 0 Å². The Morgan fingerprint density at radius 3 is 2.45 bits per heavy atom. The molecular formula is C25H24FNO4. The molecule has 5 nitrogen and oxygen atoms in total. The number of para-hydroxylation sites is 1. The van der Waals surface area contributed by atoms with Gasteiger partial charge in [-0.05, 0) is 43.2 Å². The van der Waals surface area contributed by atoms with Crippen LogP contribution >= 0.6 is 0 Å². The van der Waals surface area contributed by atoms with E-state index in [-0.39, 0.29) is 24.4 Å². The van der Waals surface area contributed by atoms with Crippen LogP contribution in [0.1, 0.15) is 30.5 Å². The Kier molecular flexibility index (Phi) is 7.51. The number of allylic oxidation sites excluding steroid dienone is 1. The zero-order chi connectivity index (χ0) is 22.2. The summed E-state index contributed by atoms with van der Waals surface area (Å²) < 4.78 is 15.5. The van der Waals surface area contributed by atoms with Gasteiger partial charge in [-0.3, -0.25) is 9.68 Å². The van der Waals surface area contributed by atoms with Crippen LogP contribution < -0.4 is 0 Å². The number of hydrogen-bond donors (Lipinski definition) is 0. The summed E-state index contributed by atoms with van der Waals surface area (Å²) in [4.78, 5) is 31.8. The molecule has 0 aliphatic rings. The smallest absolute Gasteiger partial charge is 0.320 e. The molecular weight excluding hydrogens is 397 g/mol. The van der Waals surface area contributed by atoms with E-state index >= 15 is 0 Å². The quantitative estimate of drug-likeness (QED) is 0.262. The van der Waals surface area contributed by atoms with Crippen LogP contribution in [0.25, 0.3) is 22.9 Å². The van der Waals surface area contributed by atoms with Crippen LogP contribution in [0.5, 0.6) is 0 Å². The number of nitrogens with zero attached hydrogens (tertiary/aromatic N) is 1. The average molecular weight is 421 g/mol. The number of halogens is 1. The average Bonchev–Trinajstić information content (AvgIpc) is 3.09. The molecule has 0 spiro atoms. The number of carbonyl (C=O) groups is 2. The molecule has 0 aliphatic carbocycles. The number of ketones is 1. The van der Waals surface area contributed by atoms with Crippen molar-refractivity contribution in [1.82, 2.24) is 4.57 Å². The number of hydrogen-bond acceptors (Lipinski definition) is 4. The molecule has 0 saturated heterocycles. The fraction of sp³-hybridized carbons (Fsp3) is 0.200. The molecule has 1 aromatic heterocycles. The van der Waals surface area contributed by atoms with Crippen molar-refractivity contribution in [3.05, 3.63) is 83.9 Å². The van der Waals surface area contributed by atoms with Crippen molar-refractivity contribution in [2.45, 2.75) is 26.2 Å². The van der Waals surface area contributed by atoms with E-state index in [9.17, 15) is 14.0 Å². The molecule has 3 rings (SSSR count). The maximum absolute atomic E-state index is 13.4. The van der Waals surface area contributed by atoms with Crippen LogP contribution in [0, 0.1) is 12.7 Å². The predicted molar refractivity (Wildman–Crippen MR) is 117 cm³/mol. The van der Waals surface area contributed by atoms with Gasteiger partial charge in [0.05, 0.1) is 7.11 Å². The summed E-state index contributed by atoms with van der Waals surface area (Å²) in [5.41, 5.74) is 4.90. The fourth-order valence-electron chi connectivity index (χ4n) is 3.36. The van der Waals surface area contributed by atoms with E-state index < -0.39 is 5.97 Å². The molecule has 0 atom stereocenters. The first-order chi connectivity index (χ1) is 15.0. The number of benzene rings is 2. The lowest BCUT2D eigenvalue weighted by molar-refractivity contribution is -0.254. The minimum absolute atomic E-state index is 0.218. The van der Waals surface area contributed by atoms with Crippen molar-refractivity contribution in [2.75, 3.05) is 7.11 Å². The standard InChI is InChI=1S/C25H24FNO4/c1-18-23(11-7-6-10-22(28)16-25(29)31-30-2)24(19-12-14-20(26)15-13-19)17-27(18)21-8-4-3-5-9-21/h3-5,7-9,11-15,17H,6,10,16H2,1-2H3/b11-7+. The second-order valence-electron chi connectivity index (χ2n) is 7.03. The summed E-state index contributed by atoms with van der Waals surface area (Å²) in [6.45, 7) is 2.02. The second kappa shape index (κ2) is 10.5. The highest BCUT2D eigenvalue weighted by molar-refractivity contribution is 5.95. The number of carbonyl (C=O) groups excluding carboxylic acids is 2. The number of rotatable bonds is 9. The molecule has 2 aromatic carbocycles. The van der Waals surface area contributed by atoms with E-state index in [1.54, 1.807) is 12.1 Å². The van der Waals surface area contributed by atoms with E-state index in [0.29, 0.717) is 6.42 Å². The maximum Gasteiger partial charge on any atom is 0.349 e. The summed E-state index contributed by atoms with van der Waals surface area (Å²) in [6.07, 6.45) is 6.30. The zero-order valence-electron chi connectivity index (χ0n) is 17.5. The summed E-state index contributed by atoms with van der Waals surface area (Å²) in [7, 11) is 1.22. The number of Topliss-reactive ketones (excluding diaryl/α,β-unsaturated/α-hetero) is 1. The lowest BCUT2D eigenvalue weighted by Gasteiger charge is -2.06. The fourth-order valence-corrected chi connectivity index (χ4v) is 3.36. The second-order valence-corrected chi connectivity index (χ2v) is 7.03. The van der Waals surface area contributed by atoms with Gasteiger partial charge < -0.3 is 4.57 Å². The minimum atomic E-state index is -0.703. The van der Waals surface area contributed by atoms with E-state index in [4.69, 9.17) is 0 Å². The summed E-state index contributed by atoms with van der Waals surface area (Å²) in [6, 6.07) is 16.3. The largest absolute Gasteiger partial charge is 0.349 e. The van der Waals surface area contributed by atoms with Gasteiger partial charge in [-0.2, -0.15) is 4.89 Å². The first kappa shape index (κ1) is 22.2. The van der Waals surface area contributed by atoms with Gasteiger partial charge in [0, 0.05) is 35.1 Å². The van der Waals surface area contributed by atoms with E-state index in [1.807, 2.05) is 55.6 Å². The maximum atomic E-state index is 13.4. The highest BCUT2D eigenvalue weighted by Crippen LogP contribution is 2.31. The third-order valence-corrected chi connectivity index (χ3v) is 4.88. The molecule has 0 saturated carbocycles. The first-order valence-corrected chi connectivity index (χ1v) is 9.94. The molecule has 31 heavy (non-hydrogen) atoms. The van der Waals surface area contributed by atoms with Crippen LogP contribution in [0.3, 0.4) is 0 Å². The molecule has 0 amide bonds. The molecule has 0 radical (unpaired) electrons. The third kappa shape index (κ3) is 5.77. The molecule has 3 aromatic rings. The normalized spacial score (nSPS) is 11.1. The van der Waals surface area contributed by atoms with E-state index in [0.717, 1.165) is 28.1 Å². The van der Waals surface area contributed by atoms with E-state index in [1.165, 1.54) is 19.2 Å². The van der Waals surface area contributed by atoms with Gasteiger partial charge in [0.1, 0.15) is 18.0 Å². The highest BCUT2D eigenvalue weighted by atomic mass is 19.1. The summed E-state index contributed by atoms with van der Waals surface area (Å²) in [5, 5.41) is 0. The molecule has 0 bridgehead atoms. The third-order valence-electron chi connectivity index (χ3n) is 4.88. The Hall–Kier alpha value is -3.51. The Balaban J connectivity index is 1.83. The van der Waals surface area contributed by atoms with Gasteiger partial charge in [0.25, 0.3) is 0 Å². The number of aromatic nitrogens is 1. The summed E-state index contributed by atoms with van der Waals surface area (Å²) >= 11 is 0. The van der Waals surface area contributed by atoms with Crippen LogP contribution in [0.4, 0.5) is 4.39 Å². The van der Waals surface area contributed by atoms with Gasteiger partial charge in [-0.25, -0.2) is 9.18 Å². The molecule has 160 valence electrons. The predicted octanol–water partition coefficient (Wildman–Crippen LogP) is 5.45. The Morgan fingerprint density at radius 1 is 1.06 bits per heavy atom. The minimum Gasteiger partial charge on any atom is -0.320 e. The molecule has 0 fully saturated rings. The lowest BCUT2D eigenvalue weighted by atomic mass is 10.0. The van der Waals surface area contributed by atoms with Crippen molar-refractivity contribution in [1.29, 1.82) is 0 Å². The topological polar surface area (TPSA) is 57.5 Å². The van der Waals surface area contributed by atoms with Crippen molar-refractivity contribution in [3.8, 4) is 16.8 Å². The van der Waals surface area contributed by atoms with Crippen LogP contribution in [-0.4, -0.2) is 23.4 Å². The van der Waals surface area contributed by atoms with Gasteiger partial charge in [-0.1, -0.05) is 42.5 Å². The van der Waals surface area contributed by atoms with Gasteiger partial charge >= 0.3 is 5.97 Å². The van der Waals surface area contributed by atoms with Crippen molar-refractivity contribution < 1.29 is 23.8 Å². The van der Waals surface area contributed by atoms with Crippen molar-refractivity contribution >= 4 is 17.8 Å². The Labute approximate surface area is 180 Å². The molecule has 1 heterocycles. The Morgan fingerprint density at radius 2 is 1.77 bits per heavy atom. The molecule has 6 heteroatoms. The van der Waals surface area contributed by atoms with Gasteiger partial charge in [0.2, 0.25) is 0 Å². The van der Waals surface area contributed by atoms with Crippen molar-refractivity contribution in [3.63, 3.8) is 0 Å². The van der Waals surface area contributed by atoms with Crippen molar-refractivity contribution in [2.24, 2.45) is 0 Å². The lowest BCUT2D eigenvalue weighted by Crippen LogP contribution is -2.10. The van der Waals surface area contributed by atoms with Gasteiger partial charge in [0.15, 0.2) is 0 Å². The Bertz CT molecular complexity index is 1070.